The first kappa shape index (κ1) is 18.0. The zero-order valence-electron chi connectivity index (χ0n) is 15.5. The molecule has 0 bridgehead atoms. The van der Waals surface area contributed by atoms with Gasteiger partial charge in [0.25, 0.3) is 5.91 Å². The summed E-state index contributed by atoms with van der Waals surface area (Å²) in [6, 6.07) is 8.38. The van der Waals surface area contributed by atoms with Gasteiger partial charge in [-0.25, -0.2) is 0 Å². The fourth-order valence-corrected chi connectivity index (χ4v) is 3.25. The zero-order chi connectivity index (χ0) is 18.9. The van der Waals surface area contributed by atoms with E-state index in [1.165, 1.54) is 6.07 Å². The van der Waals surface area contributed by atoms with Crippen LogP contribution in [-0.2, 0) is 6.42 Å². The van der Waals surface area contributed by atoms with Crippen LogP contribution in [0.1, 0.15) is 54.8 Å². The largest absolute Gasteiger partial charge is 0.497 e. The molecule has 1 aromatic heterocycles. The Labute approximate surface area is 152 Å². The molecule has 1 amide bonds. The average molecular weight is 356 g/mol. The van der Waals surface area contributed by atoms with Crippen molar-refractivity contribution in [3.63, 3.8) is 0 Å². The summed E-state index contributed by atoms with van der Waals surface area (Å²) >= 11 is 0. The van der Waals surface area contributed by atoms with E-state index in [0.29, 0.717) is 24.2 Å². The maximum absolute atomic E-state index is 12.8. The second-order valence-corrected chi connectivity index (χ2v) is 7.11. The molecule has 2 aromatic rings. The molecule has 0 radical (unpaired) electrons. The molecule has 0 spiro atoms. The summed E-state index contributed by atoms with van der Waals surface area (Å²) in [6.45, 7) is 5.90. The van der Waals surface area contributed by atoms with Crippen molar-refractivity contribution in [2.24, 2.45) is 0 Å². The SMILES string of the molecule is CCc1cc(C(=O)N[C@H]2CC(C)(C)Oc3ccc(OC)cc32)cc(=O)[nH]1. The number of hydrogen-bond donors (Lipinski definition) is 2. The van der Waals surface area contributed by atoms with E-state index in [0.717, 1.165) is 17.0 Å². The van der Waals surface area contributed by atoms with E-state index in [1.54, 1.807) is 13.2 Å². The molecule has 0 saturated carbocycles. The standard InChI is InChI=1S/C20H24N2O4/c1-5-13-8-12(9-18(23)21-13)19(24)22-16-11-20(2,3)26-17-7-6-14(25-4)10-15(16)17/h6-10,16H,5,11H2,1-4H3,(H,21,23)(H,22,24)/t16-/m0/s1. The van der Waals surface area contributed by atoms with E-state index in [2.05, 4.69) is 10.3 Å². The summed E-state index contributed by atoms with van der Waals surface area (Å²) in [5, 5.41) is 3.05. The number of H-pyrrole nitrogens is 1. The third kappa shape index (κ3) is 3.74. The number of pyridine rings is 1. The second kappa shape index (κ2) is 6.86. The van der Waals surface area contributed by atoms with Crippen LogP contribution in [0.25, 0.3) is 0 Å². The monoisotopic (exact) mass is 356 g/mol. The smallest absolute Gasteiger partial charge is 0.252 e. The van der Waals surface area contributed by atoms with Crippen LogP contribution in [0.15, 0.2) is 35.1 Å². The van der Waals surface area contributed by atoms with Gasteiger partial charge in [-0.1, -0.05) is 6.92 Å². The van der Waals surface area contributed by atoms with Gasteiger partial charge >= 0.3 is 0 Å². The number of rotatable bonds is 4. The Balaban J connectivity index is 1.93. The van der Waals surface area contributed by atoms with Gasteiger partial charge in [-0.05, 0) is 44.5 Å². The third-order valence-electron chi connectivity index (χ3n) is 4.52. The lowest BCUT2D eigenvalue weighted by Crippen LogP contribution is -2.41. The van der Waals surface area contributed by atoms with Crippen molar-refractivity contribution in [3.8, 4) is 11.5 Å². The molecule has 6 heteroatoms. The number of aromatic amines is 1. The number of amides is 1. The molecule has 1 atom stereocenters. The van der Waals surface area contributed by atoms with Gasteiger partial charge in [0, 0.05) is 29.3 Å². The number of hydrogen-bond acceptors (Lipinski definition) is 4. The Kier molecular flexibility index (Phi) is 4.76. The number of aromatic nitrogens is 1. The van der Waals surface area contributed by atoms with Gasteiger partial charge in [0.05, 0.1) is 13.2 Å². The highest BCUT2D eigenvalue weighted by atomic mass is 16.5. The summed E-state index contributed by atoms with van der Waals surface area (Å²) in [5.74, 6) is 1.16. The highest BCUT2D eigenvalue weighted by Crippen LogP contribution is 2.41. The highest BCUT2D eigenvalue weighted by molar-refractivity contribution is 5.94. The molecule has 1 aliphatic heterocycles. The predicted octanol–water partition coefficient (Wildman–Crippen LogP) is 2.98. The van der Waals surface area contributed by atoms with Crippen LogP contribution in [0, 0.1) is 0 Å². The molecule has 0 saturated heterocycles. The summed E-state index contributed by atoms with van der Waals surface area (Å²) in [7, 11) is 1.60. The molecule has 6 nitrogen and oxygen atoms in total. The molecular formula is C20H24N2O4. The van der Waals surface area contributed by atoms with Crippen LogP contribution < -0.4 is 20.3 Å². The number of aryl methyl sites for hydroxylation is 1. The topological polar surface area (TPSA) is 80.4 Å². The van der Waals surface area contributed by atoms with Crippen molar-refractivity contribution in [1.82, 2.24) is 10.3 Å². The molecule has 2 heterocycles. The Morgan fingerprint density at radius 3 is 2.81 bits per heavy atom. The summed E-state index contributed by atoms with van der Waals surface area (Å²) in [6.07, 6.45) is 1.27. The van der Waals surface area contributed by atoms with E-state index in [1.807, 2.05) is 39.0 Å². The van der Waals surface area contributed by atoms with Crippen LogP contribution in [0.5, 0.6) is 11.5 Å². The lowest BCUT2D eigenvalue weighted by molar-refractivity contribution is 0.0618. The molecule has 0 unspecified atom stereocenters. The van der Waals surface area contributed by atoms with Crippen LogP contribution in [0.3, 0.4) is 0 Å². The van der Waals surface area contributed by atoms with E-state index >= 15 is 0 Å². The van der Waals surface area contributed by atoms with Gasteiger partial charge in [-0.2, -0.15) is 0 Å². The summed E-state index contributed by atoms with van der Waals surface area (Å²) in [4.78, 5) is 27.3. The first-order chi connectivity index (χ1) is 12.3. The van der Waals surface area contributed by atoms with Crippen molar-refractivity contribution in [3.05, 3.63) is 57.5 Å². The number of ether oxygens (including phenoxy) is 2. The quantitative estimate of drug-likeness (QED) is 0.882. The molecule has 1 aromatic carbocycles. The second-order valence-electron chi connectivity index (χ2n) is 7.11. The van der Waals surface area contributed by atoms with E-state index in [4.69, 9.17) is 9.47 Å². The molecule has 1 aliphatic rings. The molecule has 0 aliphatic carbocycles. The van der Waals surface area contributed by atoms with Gasteiger partial charge in [0.15, 0.2) is 0 Å². The fourth-order valence-electron chi connectivity index (χ4n) is 3.25. The lowest BCUT2D eigenvalue weighted by atomic mass is 9.89. The Morgan fingerprint density at radius 2 is 2.12 bits per heavy atom. The fraction of sp³-hybridized carbons (Fsp3) is 0.400. The number of fused-ring (bicyclic) bond motifs is 1. The minimum atomic E-state index is -0.414. The highest BCUT2D eigenvalue weighted by Gasteiger charge is 2.35. The normalized spacial score (nSPS) is 17.8. The average Bonchev–Trinajstić information content (AvgIpc) is 2.59. The number of methoxy groups -OCH3 is 1. The van der Waals surface area contributed by atoms with Gasteiger partial charge in [0.2, 0.25) is 5.56 Å². The number of benzene rings is 1. The van der Waals surface area contributed by atoms with Crippen molar-refractivity contribution < 1.29 is 14.3 Å². The molecule has 0 fully saturated rings. The predicted molar refractivity (Wildman–Crippen MR) is 99.0 cm³/mol. The molecular weight excluding hydrogens is 332 g/mol. The van der Waals surface area contributed by atoms with Gasteiger partial charge in [-0.3, -0.25) is 9.59 Å². The Morgan fingerprint density at radius 1 is 1.35 bits per heavy atom. The van der Waals surface area contributed by atoms with E-state index < -0.39 is 5.60 Å². The third-order valence-corrected chi connectivity index (χ3v) is 4.52. The van der Waals surface area contributed by atoms with Crippen molar-refractivity contribution >= 4 is 5.91 Å². The summed E-state index contributed by atoms with van der Waals surface area (Å²) in [5.41, 5.74) is 1.28. The maximum Gasteiger partial charge on any atom is 0.252 e. The lowest BCUT2D eigenvalue weighted by Gasteiger charge is -2.38. The number of carbonyl (C=O) groups is 1. The molecule has 2 N–H and O–H groups in total. The molecule has 26 heavy (non-hydrogen) atoms. The van der Waals surface area contributed by atoms with Crippen molar-refractivity contribution in [2.75, 3.05) is 7.11 Å². The minimum absolute atomic E-state index is 0.235. The van der Waals surface area contributed by atoms with Gasteiger partial charge < -0.3 is 19.8 Å². The number of nitrogens with one attached hydrogen (secondary N) is 2. The van der Waals surface area contributed by atoms with E-state index in [9.17, 15) is 9.59 Å². The minimum Gasteiger partial charge on any atom is -0.497 e. The Hall–Kier alpha value is -2.76. The molecule has 138 valence electrons. The zero-order valence-corrected chi connectivity index (χ0v) is 15.5. The summed E-state index contributed by atoms with van der Waals surface area (Å²) < 4.78 is 11.3. The first-order valence-electron chi connectivity index (χ1n) is 8.72. The first-order valence-corrected chi connectivity index (χ1v) is 8.72. The van der Waals surface area contributed by atoms with Crippen LogP contribution in [-0.4, -0.2) is 23.6 Å². The van der Waals surface area contributed by atoms with Crippen LogP contribution >= 0.6 is 0 Å². The maximum atomic E-state index is 12.8. The van der Waals surface area contributed by atoms with Crippen molar-refractivity contribution in [2.45, 2.75) is 45.3 Å². The molecule has 3 rings (SSSR count). The van der Waals surface area contributed by atoms with Crippen LogP contribution in [0.2, 0.25) is 0 Å². The van der Waals surface area contributed by atoms with E-state index in [-0.39, 0.29) is 17.5 Å². The van der Waals surface area contributed by atoms with Gasteiger partial charge in [-0.15, -0.1) is 0 Å². The van der Waals surface area contributed by atoms with Crippen molar-refractivity contribution in [1.29, 1.82) is 0 Å². The van der Waals surface area contributed by atoms with Crippen LogP contribution in [0.4, 0.5) is 0 Å². The Bertz CT molecular complexity index is 886. The van der Waals surface area contributed by atoms with Gasteiger partial charge in [0.1, 0.15) is 17.1 Å². The number of carbonyl (C=O) groups excluding carboxylic acids is 1.